The van der Waals surface area contributed by atoms with E-state index in [9.17, 15) is 0 Å². The van der Waals surface area contributed by atoms with Gasteiger partial charge in [0.2, 0.25) is 5.95 Å². The van der Waals surface area contributed by atoms with Crippen LogP contribution < -0.4 is 4.90 Å². The summed E-state index contributed by atoms with van der Waals surface area (Å²) in [7, 11) is 2.17. The normalized spacial score (nSPS) is 23.2. The minimum Gasteiger partial charge on any atom is -0.337 e. The first-order valence-electron chi connectivity index (χ1n) is 5.59. The molecule has 2 rings (SSSR count). The highest BCUT2D eigenvalue weighted by Gasteiger charge is 2.21. The van der Waals surface area contributed by atoms with E-state index in [4.69, 9.17) is 0 Å². The van der Waals surface area contributed by atoms with E-state index in [0.29, 0.717) is 6.04 Å². The Labute approximate surface area is 105 Å². The molecule has 0 amide bonds. The zero-order valence-corrected chi connectivity index (χ0v) is 11.3. The number of rotatable bonds is 1. The van der Waals surface area contributed by atoms with Crippen molar-refractivity contribution in [3.63, 3.8) is 0 Å². The quantitative estimate of drug-likeness (QED) is 0.787. The van der Waals surface area contributed by atoms with Gasteiger partial charge in [-0.1, -0.05) is 0 Å². The number of anilines is 1. The van der Waals surface area contributed by atoms with Gasteiger partial charge < -0.3 is 9.80 Å². The third kappa shape index (κ3) is 2.71. The Morgan fingerprint density at radius 2 is 2.00 bits per heavy atom. The first kappa shape index (κ1) is 11.8. The molecular formula is C11H17BrN4. The van der Waals surface area contributed by atoms with Crippen LogP contribution in [0.2, 0.25) is 0 Å². The minimum absolute atomic E-state index is 0.466. The lowest BCUT2D eigenvalue weighted by Gasteiger charge is -2.27. The zero-order valence-electron chi connectivity index (χ0n) is 9.73. The average molecular weight is 285 g/mol. The second kappa shape index (κ2) is 5.10. The number of nitrogens with zero attached hydrogens (tertiary/aromatic N) is 4. The van der Waals surface area contributed by atoms with Crippen molar-refractivity contribution in [2.24, 2.45) is 0 Å². The number of likely N-dealkylation sites (N-methyl/N-ethyl adjacent to an activating group) is 1. The first-order chi connectivity index (χ1) is 7.66. The molecule has 5 heteroatoms. The van der Waals surface area contributed by atoms with Crippen LogP contribution in [0.25, 0.3) is 0 Å². The summed E-state index contributed by atoms with van der Waals surface area (Å²) in [6.07, 6.45) is 4.79. The summed E-state index contributed by atoms with van der Waals surface area (Å²) in [5.74, 6) is 0.839. The summed E-state index contributed by atoms with van der Waals surface area (Å²) >= 11 is 3.36. The Morgan fingerprint density at radius 1 is 1.31 bits per heavy atom. The molecule has 4 nitrogen and oxygen atoms in total. The van der Waals surface area contributed by atoms with E-state index in [1.807, 2.05) is 12.4 Å². The molecule has 0 spiro atoms. The van der Waals surface area contributed by atoms with Gasteiger partial charge in [0.15, 0.2) is 0 Å². The molecule has 1 aliphatic rings. The lowest BCUT2D eigenvalue weighted by Crippen LogP contribution is -2.38. The molecule has 0 aliphatic carbocycles. The minimum atomic E-state index is 0.466. The standard InChI is InChI=1S/C11H17BrN4/c1-9-8-15(2)4-3-5-16(9)11-13-6-10(12)7-14-11/h6-7,9H,3-5,8H2,1-2H3. The number of hydrogen-bond acceptors (Lipinski definition) is 4. The van der Waals surface area contributed by atoms with Crippen molar-refractivity contribution in [1.82, 2.24) is 14.9 Å². The monoisotopic (exact) mass is 284 g/mol. The van der Waals surface area contributed by atoms with Crippen molar-refractivity contribution in [2.75, 3.05) is 31.6 Å². The lowest BCUT2D eigenvalue weighted by atomic mass is 10.3. The van der Waals surface area contributed by atoms with Gasteiger partial charge >= 0.3 is 0 Å². The molecule has 0 radical (unpaired) electrons. The number of aromatic nitrogens is 2. The van der Waals surface area contributed by atoms with Crippen LogP contribution in [0.4, 0.5) is 5.95 Å². The van der Waals surface area contributed by atoms with E-state index in [-0.39, 0.29) is 0 Å². The molecule has 0 saturated carbocycles. The summed E-state index contributed by atoms with van der Waals surface area (Å²) in [5, 5.41) is 0. The molecule has 16 heavy (non-hydrogen) atoms. The zero-order chi connectivity index (χ0) is 11.5. The Morgan fingerprint density at radius 3 is 2.69 bits per heavy atom. The molecule has 0 bridgehead atoms. The first-order valence-corrected chi connectivity index (χ1v) is 6.39. The maximum atomic E-state index is 4.37. The highest BCUT2D eigenvalue weighted by molar-refractivity contribution is 9.10. The molecule has 1 unspecified atom stereocenters. The lowest BCUT2D eigenvalue weighted by molar-refractivity contribution is 0.337. The summed E-state index contributed by atoms with van der Waals surface area (Å²) in [6, 6.07) is 0.466. The van der Waals surface area contributed by atoms with Crippen LogP contribution in [0.15, 0.2) is 16.9 Å². The Balaban J connectivity index is 2.15. The van der Waals surface area contributed by atoms with Crippen LogP contribution >= 0.6 is 15.9 Å². The van der Waals surface area contributed by atoms with E-state index < -0.39 is 0 Å². The van der Waals surface area contributed by atoms with Gasteiger partial charge in [0.05, 0.1) is 4.47 Å². The fourth-order valence-electron chi connectivity index (χ4n) is 2.12. The molecule has 1 aromatic heterocycles. The van der Waals surface area contributed by atoms with Gasteiger partial charge in [-0.2, -0.15) is 0 Å². The second-order valence-corrected chi connectivity index (χ2v) is 5.28. The van der Waals surface area contributed by atoms with E-state index >= 15 is 0 Å². The SMILES string of the molecule is CC1CN(C)CCCN1c1ncc(Br)cn1. The van der Waals surface area contributed by atoms with Crippen molar-refractivity contribution in [3.05, 3.63) is 16.9 Å². The predicted octanol–water partition coefficient (Wildman–Crippen LogP) is 1.77. The number of halogens is 1. The van der Waals surface area contributed by atoms with Crippen molar-refractivity contribution < 1.29 is 0 Å². The Bertz CT molecular complexity index is 340. The van der Waals surface area contributed by atoms with E-state index in [2.05, 4.69) is 49.7 Å². The molecule has 2 heterocycles. The van der Waals surface area contributed by atoms with Crippen LogP contribution in [0, 0.1) is 0 Å². The van der Waals surface area contributed by atoms with Gasteiger partial charge in [-0.05, 0) is 42.9 Å². The smallest absolute Gasteiger partial charge is 0.225 e. The van der Waals surface area contributed by atoms with Gasteiger partial charge in [0.25, 0.3) is 0 Å². The van der Waals surface area contributed by atoms with Gasteiger partial charge in [0.1, 0.15) is 0 Å². The second-order valence-electron chi connectivity index (χ2n) is 4.36. The third-order valence-electron chi connectivity index (χ3n) is 2.91. The predicted molar refractivity (Wildman–Crippen MR) is 68.7 cm³/mol. The average Bonchev–Trinajstić information content (AvgIpc) is 2.41. The third-order valence-corrected chi connectivity index (χ3v) is 3.32. The van der Waals surface area contributed by atoms with E-state index in [1.165, 1.54) is 6.42 Å². The molecular weight excluding hydrogens is 268 g/mol. The van der Waals surface area contributed by atoms with Gasteiger partial charge in [0, 0.05) is 31.5 Å². The van der Waals surface area contributed by atoms with Crippen molar-refractivity contribution in [3.8, 4) is 0 Å². The maximum absolute atomic E-state index is 4.37. The highest BCUT2D eigenvalue weighted by Crippen LogP contribution is 2.16. The van der Waals surface area contributed by atoms with Gasteiger partial charge in [-0.25, -0.2) is 9.97 Å². The molecule has 88 valence electrons. The van der Waals surface area contributed by atoms with Crippen LogP contribution in [0.3, 0.4) is 0 Å². The summed E-state index contributed by atoms with van der Waals surface area (Å²) < 4.78 is 0.927. The van der Waals surface area contributed by atoms with Crippen molar-refractivity contribution >= 4 is 21.9 Å². The highest BCUT2D eigenvalue weighted by atomic mass is 79.9. The Kier molecular flexibility index (Phi) is 3.76. The van der Waals surface area contributed by atoms with E-state index in [1.54, 1.807) is 0 Å². The molecule has 1 aromatic rings. The fraction of sp³-hybridized carbons (Fsp3) is 0.636. The van der Waals surface area contributed by atoms with Crippen LogP contribution in [0.1, 0.15) is 13.3 Å². The summed E-state index contributed by atoms with van der Waals surface area (Å²) in [4.78, 5) is 13.4. The number of hydrogen-bond donors (Lipinski definition) is 0. The maximum Gasteiger partial charge on any atom is 0.225 e. The fourth-order valence-corrected chi connectivity index (χ4v) is 2.33. The largest absolute Gasteiger partial charge is 0.337 e. The summed E-state index contributed by atoms with van der Waals surface area (Å²) in [6.45, 7) is 5.48. The van der Waals surface area contributed by atoms with Crippen molar-refractivity contribution in [1.29, 1.82) is 0 Å². The molecule has 1 fully saturated rings. The molecule has 1 atom stereocenters. The summed E-state index contributed by atoms with van der Waals surface area (Å²) in [5.41, 5.74) is 0. The van der Waals surface area contributed by atoms with Gasteiger partial charge in [-0.3, -0.25) is 0 Å². The molecule has 0 aromatic carbocycles. The molecule has 0 N–H and O–H groups in total. The Hall–Kier alpha value is -0.680. The van der Waals surface area contributed by atoms with Crippen molar-refractivity contribution in [2.45, 2.75) is 19.4 Å². The molecule has 1 saturated heterocycles. The van der Waals surface area contributed by atoms with Crippen LogP contribution in [-0.4, -0.2) is 47.6 Å². The van der Waals surface area contributed by atoms with Crippen LogP contribution in [-0.2, 0) is 0 Å². The van der Waals surface area contributed by atoms with Crippen LogP contribution in [0.5, 0.6) is 0 Å². The van der Waals surface area contributed by atoms with E-state index in [0.717, 1.165) is 30.1 Å². The topological polar surface area (TPSA) is 32.3 Å². The molecule has 1 aliphatic heterocycles. The van der Waals surface area contributed by atoms with Gasteiger partial charge in [-0.15, -0.1) is 0 Å².